The van der Waals surface area contributed by atoms with Crippen LogP contribution in [0.4, 0.5) is 0 Å². The van der Waals surface area contributed by atoms with Crippen LogP contribution in [0.2, 0.25) is 0 Å². The topological polar surface area (TPSA) is 60.5 Å². The Morgan fingerprint density at radius 2 is 2.25 bits per heavy atom. The standard InChI is InChI=1S/C11H16N2O3/c1-4-15-13-11(14)9-5-6-10(12-7-9)16-8(2)3/h5-8H,4H2,1-3H3,(H,13,14). The molecule has 0 spiro atoms. The van der Waals surface area contributed by atoms with Crippen LogP contribution >= 0.6 is 0 Å². The van der Waals surface area contributed by atoms with Crippen molar-refractivity contribution in [1.29, 1.82) is 0 Å². The molecular formula is C11H16N2O3. The van der Waals surface area contributed by atoms with Gasteiger partial charge in [0.15, 0.2) is 0 Å². The molecule has 0 saturated carbocycles. The zero-order valence-corrected chi connectivity index (χ0v) is 9.69. The third-order valence-electron chi connectivity index (χ3n) is 1.66. The molecule has 0 saturated heterocycles. The van der Waals surface area contributed by atoms with E-state index in [9.17, 15) is 4.79 Å². The number of hydroxylamine groups is 1. The first-order valence-corrected chi connectivity index (χ1v) is 5.18. The summed E-state index contributed by atoms with van der Waals surface area (Å²) in [6.07, 6.45) is 1.52. The summed E-state index contributed by atoms with van der Waals surface area (Å²) in [7, 11) is 0. The van der Waals surface area contributed by atoms with Crippen molar-refractivity contribution >= 4 is 5.91 Å². The third kappa shape index (κ3) is 3.86. The monoisotopic (exact) mass is 224 g/mol. The van der Waals surface area contributed by atoms with Crippen molar-refractivity contribution in [3.63, 3.8) is 0 Å². The minimum atomic E-state index is -0.314. The van der Waals surface area contributed by atoms with E-state index >= 15 is 0 Å². The number of amides is 1. The average molecular weight is 224 g/mol. The molecule has 0 unspecified atom stereocenters. The van der Waals surface area contributed by atoms with Crippen LogP contribution in [0.25, 0.3) is 0 Å². The highest BCUT2D eigenvalue weighted by molar-refractivity contribution is 5.93. The van der Waals surface area contributed by atoms with Crippen molar-refractivity contribution in [1.82, 2.24) is 10.5 Å². The van der Waals surface area contributed by atoms with Crippen molar-refractivity contribution in [2.75, 3.05) is 6.61 Å². The van der Waals surface area contributed by atoms with E-state index in [0.29, 0.717) is 18.1 Å². The van der Waals surface area contributed by atoms with Gasteiger partial charge in [-0.25, -0.2) is 10.5 Å². The van der Waals surface area contributed by atoms with Crippen LogP contribution in [-0.4, -0.2) is 23.6 Å². The van der Waals surface area contributed by atoms with E-state index in [0.717, 1.165) is 0 Å². The fraction of sp³-hybridized carbons (Fsp3) is 0.455. The molecule has 88 valence electrons. The summed E-state index contributed by atoms with van der Waals surface area (Å²) in [5, 5.41) is 0. The molecule has 0 aliphatic carbocycles. The predicted molar refractivity (Wildman–Crippen MR) is 59.1 cm³/mol. The van der Waals surface area contributed by atoms with Crippen LogP contribution in [0.1, 0.15) is 31.1 Å². The Hall–Kier alpha value is -1.62. The number of hydrogen-bond donors (Lipinski definition) is 1. The van der Waals surface area contributed by atoms with Gasteiger partial charge in [0.2, 0.25) is 5.88 Å². The van der Waals surface area contributed by atoms with Crippen molar-refractivity contribution < 1.29 is 14.4 Å². The molecule has 5 heteroatoms. The lowest BCUT2D eigenvalue weighted by Gasteiger charge is -2.08. The fourth-order valence-electron chi connectivity index (χ4n) is 1.02. The van der Waals surface area contributed by atoms with Gasteiger partial charge in [-0.2, -0.15) is 0 Å². The Morgan fingerprint density at radius 3 is 2.75 bits per heavy atom. The fourth-order valence-corrected chi connectivity index (χ4v) is 1.02. The molecule has 1 heterocycles. The van der Waals surface area contributed by atoms with Crippen LogP contribution in [-0.2, 0) is 4.84 Å². The summed E-state index contributed by atoms with van der Waals surface area (Å²) in [6.45, 7) is 6.04. The Balaban J connectivity index is 2.60. The predicted octanol–water partition coefficient (Wildman–Crippen LogP) is 1.55. The van der Waals surface area contributed by atoms with E-state index in [2.05, 4.69) is 10.5 Å². The summed E-state index contributed by atoms with van der Waals surface area (Å²) < 4.78 is 5.36. The normalized spacial score (nSPS) is 10.2. The maximum Gasteiger partial charge on any atom is 0.276 e. The number of aromatic nitrogens is 1. The number of pyridine rings is 1. The number of carbonyl (C=O) groups is 1. The number of carbonyl (C=O) groups excluding carboxylic acids is 1. The van der Waals surface area contributed by atoms with Gasteiger partial charge in [-0.05, 0) is 26.8 Å². The highest BCUT2D eigenvalue weighted by atomic mass is 16.6. The summed E-state index contributed by atoms with van der Waals surface area (Å²) >= 11 is 0. The van der Waals surface area contributed by atoms with E-state index < -0.39 is 0 Å². The quantitative estimate of drug-likeness (QED) is 0.771. The zero-order valence-electron chi connectivity index (χ0n) is 9.69. The third-order valence-corrected chi connectivity index (χ3v) is 1.66. The summed E-state index contributed by atoms with van der Waals surface area (Å²) in [5.74, 6) is 0.188. The number of ether oxygens (including phenoxy) is 1. The minimum absolute atomic E-state index is 0.0654. The molecule has 0 bridgehead atoms. The van der Waals surface area contributed by atoms with Gasteiger partial charge in [0.1, 0.15) is 0 Å². The van der Waals surface area contributed by atoms with Crippen molar-refractivity contribution in [3.05, 3.63) is 23.9 Å². The van der Waals surface area contributed by atoms with Gasteiger partial charge in [0, 0.05) is 12.3 Å². The van der Waals surface area contributed by atoms with E-state index in [1.54, 1.807) is 19.1 Å². The van der Waals surface area contributed by atoms with Crippen LogP contribution in [0, 0.1) is 0 Å². The van der Waals surface area contributed by atoms with Gasteiger partial charge >= 0.3 is 0 Å². The maximum absolute atomic E-state index is 11.4. The second kappa shape index (κ2) is 6.07. The van der Waals surface area contributed by atoms with Gasteiger partial charge in [0.25, 0.3) is 5.91 Å². The smallest absolute Gasteiger partial charge is 0.276 e. The number of hydrogen-bond acceptors (Lipinski definition) is 4. The second-order valence-corrected chi connectivity index (χ2v) is 3.42. The SMILES string of the molecule is CCONC(=O)c1ccc(OC(C)C)nc1. The second-order valence-electron chi connectivity index (χ2n) is 3.42. The lowest BCUT2D eigenvalue weighted by molar-refractivity contribution is 0.0364. The lowest BCUT2D eigenvalue weighted by atomic mass is 10.3. The van der Waals surface area contributed by atoms with E-state index in [4.69, 9.17) is 9.57 Å². The van der Waals surface area contributed by atoms with E-state index in [1.165, 1.54) is 6.20 Å². The first-order valence-electron chi connectivity index (χ1n) is 5.18. The molecule has 1 N–H and O–H groups in total. The van der Waals surface area contributed by atoms with E-state index in [1.807, 2.05) is 13.8 Å². The number of rotatable bonds is 5. The van der Waals surface area contributed by atoms with Crippen LogP contribution in [0.15, 0.2) is 18.3 Å². The number of nitrogens with zero attached hydrogens (tertiary/aromatic N) is 1. The minimum Gasteiger partial charge on any atom is -0.475 e. The Morgan fingerprint density at radius 1 is 1.50 bits per heavy atom. The van der Waals surface area contributed by atoms with Gasteiger partial charge in [-0.15, -0.1) is 0 Å². The van der Waals surface area contributed by atoms with Crippen LogP contribution in [0.3, 0.4) is 0 Å². The molecule has 0 aliphatic heterocycles. The molecule has 1 aromatic rings. The van der Waals surface area contributed by atoms with Gasteiger partial charge in [-0.3, -0.25) is 9.63 Å². The highest BCUT2D eigenvalue weighted by Gasteiger charge is 2.06. The van der Waals surface area contributed by atoms with Gasteiger partial charge < -0.3 is 4.74 Å². The lowest BCUT2D eigenvalue weighted by Crippen LogP contribution is -2.23. The Bertz CT molecular complexity index is 336. The van der Waals surface area contributed by atoms with Crippen molar-refractivity contribution in [2.45, 2.75) is 26.9 Å². The zero-order chi connectivity index (χ0) is 12.0. The van der Waals surface area contributed by atoms with Crippen LogP contribution < -0.4 is 10.2 Å². The number of nitrogens with one attached hydrogen (secondary N) is 1. The molecule has 0 radical (unpaired) electrons. The maximum atomic E-state index is 11.4. The summed E-state index contributed by atoms with van der Waals surface area (Å²) in [6, 6.07) is 3.29. The molecule has 1 amide bonds. The Labute approximate surface area is 94.7 Å². The van der Waals surface area contributed by atoms with Gasteiger partial charge in [-0.1, -0.05) is 0 Å². The van der Waals surface area contributed by atoms with Crippen molar-refractivity contribution in [2.24, 2.45) is 0 Å². The van der Waals surface area contributed by atoms with Crippen molar-refractivity contribution in [3.8, 4) is 5.88 Å². The molecule has 0 aliphatic rings. The summed E-state index contributed by atoms with van der Waals surface area (Å²) in [4.78, 5) is 20.2. The molecule has 1 rings (SSSR count). The molecule has 0 atom stereocenters. The first kappa shape index (κ1) is 12.4. The molecule has 0 fully saturated rings. The first-order chi connectivity index (χ1) is 7.63. The van der Waals surface area contributed by atoms with E-state index in [-0.39, 0.29) is 12.0 Å². The molecule has 0 aromatic carbocycles. The average Bonchev–Trinajstić information content (AvgIpc) is 2.26. The molecule has 5 nitrogen and oxygen atoms in total. The highest BCUT2D eigenvalue weighted by Crippen LogP contribution is 2.09. The molecule has 1 aromatic heterocycles. The molecule has 16 heavy (non-hydrogen) atoms. The van der Waals surface area contributed by atoms with Gasteiger partial charge in [0.05, 0.1) is 18.3 Å². The summed E-state index contributed by atoms with van der Waals surface area (Å²) in [5.41, 5.74) is 2.72. The van der Waals surface area contributed by atoms with Crippen LogP contribution in [0.5, 0.6) is 5.88 Å². The largest absolute Gasteiger partial charge is 0.475 e. The Kier molecular flexibility index (Phi) is 4.72. The molecular weight excluding hydrogens is 208 g/mol.